The zero-order valence-corrected chi connectivity index (χ0v) is 7.95. The SMILES string of the molecule is [Ag].[Ag].[Ag].[SeH2]. The Morgan fingerprint density at radius 3 is 0.500 bits per heavy atom. The summed E-state index contributed by atoms with van der Waals surface area (Å²) in [6.45, 7) is 0. The maximum absolute atomic E-state index is 0. The average Bonchev–Trinajstić information content (AvgIpc) is 0. The van der Waals surface area contributed by atoms with Crippen LogP contribution < -0.4 is 0 Å². The van der Waals surface area contributed by atoms with E-state index in [2.05, 4.69) is 0 Å². The third-order valence-corrected chi connectivity index (χ3v) is 0. The summed E-state index contributed by atoms with van der Waals surface area (Å²) in [5.41, 5.74) is 0. The average molecular weight is 405 g/mol. The Balaban J connectivity index is 0. The van der Waals surface area contributed by atoms with E-state index in [9.17, 15) is 0 Å². The molecule has 0 aliphatic carbocycles. The first-order chi connectivity index (χ1) is 0. The van der Waals surface area contributed by atoms with E-state index in [1.807, 2.05) is 0 Å². The van der Waals surface area contributed by atoms with Crippen molar-refractivity contribution in [1.82, 2.24) is 0 Å². The molecule has 0 fully saturated rings. The van der Waals surface area contributed by atoms with Gasteiger partial charge in [-0.15, -0.1) is 0 Å². The molecule has 0 nitrogen and oxygen atoms in total. The second-order valence-electron chi connectivity index (χ2n) is 0. The fourth-order valence-electron chi connectivity index (χ4n) is 0. The molecule has 0 saturated heterocycles. The van der Waals surface area contributed by atoms with Crippen LogP contribution in [0, 0.1) is 0 Å². The zero-order valence-electron chi connectivity index (χ0n) is 1.40. The molecule has 0 aliphatic heterocycles. The van der Waals surface area contributed by atoms with Gasteiger partial charge in [0.15, 0.2) is 0 Å². The molecule has 4 heavy (non-hydrogen) atoms. The van der Waals surface area contributed by atoms with Crippen LogP contribution in [-0.2, 0) is 67.1 Å². The molecule has 0 amide bonds. The van der Waals surface area contributed by atoms with E-state index >= 15 is 0 Å². The van der Waals surface area contributed by atoms with Gasteiger partial charge in [-0.05, 0) is 0 Å². The second kappa shape index (κ2) is 17.2. The molecule has 0 saturated carbocycles. The molecule has 41 valence electrons. The van der Waals surface area contributed by atoms with Crippen molar-refractivity contribution in [3.05, 3.63) is 0 Å². The maximum atomic E-state index is 0. The Morgan fingerprint density at radius 2 is 0.500 bits per heavy atom. The third-order valence-electron chi connectivity index (χ3n) is 0. The van der Waals surface area contributed by atoms with Gasteiger partial charge in [-0.3, -0.25) is 0 Å². The first-order valence-electron chi connectivity index (χ1n) is 0. The molecule has 0 bridgehead atoms. The first kappa shape index (κ1) is 29.6. The van der Waals surface area contributed by atoms with E-state index in [1.165, 1.54) is 0 Å². The Bertz CT molecular complexity index is 3.25. The van der Waals surface area contributed by atoms with Crippen LogP contribution in [0.25, 0.3) is 0 Å². The molecule has 0 aromatic heterocycles. The van der Waals surface area contributed by atoms with Crippen molar-refractivity contribution in [2.24, 2.45) is 0 Å². The van der Waals surface area contributed by atoms with Gasteiger partial charge in [-0.25, -0.2) is 0 Å². The minimum absolute atomic E-state index is 0. The normalized spacial score (nSPS) is 0. The van der Waals surface area contributed by atoms with Gasteiger partial charge in [-0.1, -0.05) is 0 Å². The molecule has 0 heterocycles. The quantitative estimate of drug-likeness (QED) is 0.458. The Labute approximate surface area is 82.9 Å². The molecule has 3 radical (unpaired) electrons. The molecule has 0 unspecified atom stereocenters. The van der Waals surface area contributed by atoms with Crippen LogP contribution in [0.2, 0.25) is 0 Å². The Kier molecular flexibility index (Phi) is 127. The molecule has 0 spiro atoms. The number of rotatable bonds is 0. The summed E-state index contributed by atoms with van der Waals surface area (Å²) in [5, 5.41) is 0. The summed E-state index contributed by atoms with van der Waals surface area (Å²) in [4.78, 5) is 0. The predicted octanol–water partition coefficient (Wildman–Crippen LogP) is -0.924. The van der Waals surface area contributed by atoms with Crippen molar-refractivity contribution >= 4 is 17.1 Å². The Hall–Kier alpha value is 2.74. The van der Waals surface area contributed by atoms with Crippen molar-refractivity contribution in [3.63, 3.8) is 0 Å². The molecular formula is H2Ag3Se. The van der Waals surface area contributed by atoms with Crippen LogP contribution in [0.3, 0.4) is 0 Å². The fraction of sp³-hybridized carbons (Fsp3) is 0. The van der Waals surface area contributed by atoms with Gasteiger partial charge in [0.2, 0.25) is 0 Å². The summed E-state index contributed by atoms with van der Waals surface area (Å²) in [7, 11) is 0. The summed E-state index contributed by atoms with van der Waals surface area (Å²) in [6.07, 6.45) is 0. The van der Waals surface area contributed by atoms with Crippen molar-refractivity contribution in [2.45, 2.75) is 0 Å². The number of hydrogen-bond donors (Lipinski definition) is 0. The van der Waals surface area contributed by atoms with Crippen LogP contribution in [0.15, 0.2) is 0 Å². The Morgan fingerprint density at radius 1 is 0.500 bits per heavy atom. The third kappa shape index (κ3) is 8.83. The summed E-state index contributed by atoms with van der Waals surface area (Å²) < 4.78 is 0. The predicted molar refractivity (Wildman–Crippen MR) is 8.54 cm³/mol. The monoisotopic (exact) mass is 403 g/mol. The molecule has 0 N–H and O–H groups in total. The molecule has 0 aromatic rings. The van der Waals surface area contributed by atoms with Gasteiger partial charge in [0.05, 0.1) is 0 Å². The summed E-state index contributed by atoms with van der Waals surface area (Å²) >= 11 is 0. The molecule has 0 rings (SSSR count). The van der Waals surface area contributed by atoms with E-state index in [0.717, 1.165) is 0 Å². The molecule has 0 atom stereocenters. The second-order valence-corrected chi connectivity index (χ2v) is 0. The minimum atomic E-state index is 0. The fourth-order valence-corrected chi connectivity index (χ4v) is 0. The van der Waals surface area contributed by atoms with Gasteiger partial charge in [-0.2, -0.15) is 0 Å². The van der Waals surface area contributed by atoms with Crippen LogP contribution in [0.1, 0.15) is 0 Å². The zero-order chi connectivity index (χ0) is 0. The molecule has 0 aliphatic rings. The van der Waals surface area contributed by atoms with Crippen LogP contribution in [-0.4, -0.2) is 17.1 Å². The number of hydrogen-bond acceptors (Lipinski definition) is 0. The van der Waals surface area contributed by atoms with E-state index in [4.69, 9.17) is 0 Å². The topological polar surface area (TPSA) is 0 Å². The van der Waals surface area contributed by atoms with Gasteiger partial charge in [0, 0.05) is 67.1 Å². The first-order valence-corrected chi connectivity index (χ1v) is 0. The summed E-state index contributed by atoms with van der Waals surface area (Å²) in [6, 6.07) is 0. The van der Waals surface area contributed by atoms with Crippen LogP contribution >= 0.6 is 0 Å². The standard InChI is InChI=1S/3Ag.H2Se/h;;;1H2. The van der Waals surface area contributed by atoms with Gasteiger partial charge in [0.1, 0.15) is 0 Å². The van der Waals surface area contributed by atoms with E-state index in [1.54, 1.807) is 0 Å². The van der Waals surface area contributed by atoms with Crippen LogP contribution in [0.5, 0.6) is 0 Å². The molecule has 4 heteroatoms. The van der Waals surface area contributed by atoms with Gasteiger partial charge in [0.25, 0.3) is 0 Å². The van der Waals surface area contributed by atoms with Gasteiger partial charge < -0.3 is 0 Å². The van der Waals surface area contributed by atoms with E-state index in [0.29, 0.717) is 0 Å². The van der Waals surface area contributed by atoms with E-state index in [-0.39, 0.29) is 84.2 Å². The molecular weight excluding hydrogens is 403 g/mol. The van der Waals surface area contributed by atoms with Crippen molar-refractivity contribution in [1.29, 1.82) is 0 Å². The summed E-state index contributed by atoms with van der Waals surface area (Å²) in [5.74, 6) is 0. The van der Waals surface area contributed by atoms with Crippen molar-refractivity contribution < 1.29 is 67.1 Å². The van der Waals surface area contributed by atoms with Gasteiger partial charge >= 0.3 is 17.1 Å². The molecule has 0 aromatic carbocycles. The van der Waals surface area contributed by atoms with Crippen LogP contribution in [0.4, 0.5) is 0 Å². The van der Waals surface area contributed by atoms with Crippen molar-refractivity contribution in [2.75, 3.05) is 0 Å². The van der Waals surface area contributed by atoms with E-state index < -0.39 is 0 Å². The van der Waals surface area contributed by atoms with Crippen molar-refractivity contribution in [3.8, 4) is 0 Å².